The van der Waals surface area contributed by atoms with Gasteiger partial charge in [0.2, 0.25) is 0 Å². The normalized spacial score (nSPS) is 15.0. The quantitative estimate of drug-likeness (QED) is 0.154. The highest BCUT2D eigenvalue weighted by atomic mass is 35.5. The van der Waals surface area contributed by atoms with Crippen molar-refractivity contribution in [2.75, 3.05) is 4.90 Å². The molecule has 0 radical (unpaired) electrons. The Labute approximate surface area is 622 Å². The van der Waals surface area contributed by atoms with Gasteiger partial charge in [0.15, 0.2) is 0 Å². The average Bonchev–Trinajstić information content (AvgIpc) is 1.60. The maximum absolute atomic E-state index is 6.01. The third-order valence-corrected chi connectivity index (χ3v) is 23.6. The number of hydrogen-bond donors (Lipinski definition) is 0. The summed E-state index contributed by atoms with van der Waals surface area (Å²) in [6.45, 7) is 46.4. The van der Waals surface area contributed by atoms with Crippen LogP contribution in [-0.2, 0) is 49.7 Å². The van der Waals surface area contributed by atoms with Crippen LogP contribution in [0, 0.1) is 0 Å². The molecule has 0 spiro atoms. The fourth-order valence-corrected chi connectivity index (χ4v) is 17.0. The molecule has 0 N–H and O–H groups in total. The second kappa shape index (κ2) is 25.6. The predicted octanol–water partition coefficient (Wildman–Crippen LogP) is 28.5. The molecular formula is C101H104ClN. The molecule has 12 aromatic rings. The van der Waals surface area contributed by atoms with E-state index in [9.17, 15) is 0 Å². The van der Waals surface area contributed by atoms with Gasteiger partial charge in [-0.2, -0.15) is 0 Å². The standard InChI is InChI=1S/C50H51N.C31H28.C20H25Cl/c1-47(2,3)34-27-33(28-35(29-34)48(4,5)6)32-19-21-36(22-20-32)51(37-23-25-41-39-15-11-13-17-43(39)49(7,8)45(41)30-37)38-24-26-42-40-16-12-14-18-44(40)50(9,10)46(42)31-38;1-30(2)26-11-7-5-9-22(26)24-15-13-20(18-28(24)30)17-21-14-16-25-23-10-6-8-12-27(23)31(3,4)29(25)19-21;1-19(2,3)16-11-15(12-17(13-16)20(4,5)6)14-7-9-18(21)10-8-14/h11-31H,1-10H3;5-16,18-19H,17H2,1-4H3;7-13H,1-6H3. The van der Waals surface area contributed by atoms with Crippen LogP contribution in [-0.4, -0.2) is 0 Å². The summed E-state index contributed by atoms with van der Waals surface area (Å²) in [6, 6.07) is 95.5. The van der Waals surface area contributed by atoms with Crippen LogP contribution >= 0.6 is 11.6 Å². The molecule has 0 atom stereocenters. The van der Waals surface area contributed by atoms with Crippen LogP contribution in [0.15, 0.2) is 255 Å². The Hall–Kier alpha value is -9.27. The van der Waals surface area contributed by atoms with Crippen LogP contribution in [0.2, 0.25) is 5.02 Å². The lowest BCUT2D eigenvalue weighted by molar-refractivity contribution is 0.568. The fourth-order valence-electron chi connectivity index (χ4n) is 16.8. The molecule has 103 heavy (non-hydrogen) atoms. The second-order valence-electron chi connectivity index (χ2n) is 36.1. The fraction of sp³-hybridized carbons (Fsp3) is 0.287. The summed E-state index contributed by atoms with van der Waals surface area (Å²) in [4.78, 5) is 2.47. The van der Waals surface area contributed by atoms with Gasteiger partial charge in [0, 0.05) is 43.7 Å². The Kier molecular flexibility index (Phi) is 17.6. The molecule has 0 bridgehead atoms. The summed E-state index contributed by atoms with van der Waals surface area (Å²) < 4.78 is 0. The summed E-state index contributed by atoms with van der Waals surface area (Å²) >= 11 is 6.01. The first-order chi connectivity index (χ1) is 48.5. The van der Waals surface area contributed by atoms with Crippen molar-refractivity contribution in [1.82, 2.24) is 0 Å². The lowest BCUT2D eigenvalue weighted by Gasteiger charge is -2.30. The number of benzene rings is 12. The maximum atomic E-state index is 6.01. The predicted molar refractivity (Wildman–Crippen MR) is 444 cm³/mol. The minimum Gasteiger partial charge on any atom is -0.310 e. The van der Waals surface area contributed by atoms with E-state index < -0.39 is 0 Å². The topological polar surface area (TPSA) is 3.24 Å². The van der Waals surface area contributed by atoms with Crippen molar-refractivity contribution < 1.29 is 0 Å². The second-order valence-corrected chi connectivity index (χ2v) is 36.5. The molecule has 2 heteroatoms. The van der Waals surface area contributed by atoms with Gasteiger partial charge in [-0.25, -0.2) is 0 Å². The maximum Gasteiger partial charge on any atom is 0.0465 e. The number of halogens is 1. The molecule has 0 saturated carbocycles. The lowest BCUT2D eigenvalue weighted by atomic mass is 9.79. The molecule has 4 aliphatic carbocycles. The van der Waals surface area contributed by atoms with Crippen molar-refractivity contribution >= 4 is 28.7 Å². The Morgan fingerprint density at radius 1 is 0.243 bits per heavy atom. The Bertz CT molecular complexity index is 4990. The average molecular weight is 1370 g/mol. The van der Waals surface area contributed by atoms with E-state index >= 15 is 0 Å². The van der Waals surface area contributed by atoms with E-state index in [2.05, 4.69) is 386 Å². The first-order valence-electron chi connectivity index (χ1n) is 37.4. The van der Waals surface area contributed by atoms with Crippen molar-refractivity contribution in [2.24, 2.45) is 0 Å². The van der Waals surface area contributed by atoms with Crippen LogP contribution in [0.5, 0.6) is 0 Å². The third kappa shape index (κ3) is 13.0. The molecule has 16 rings (SSSR count). The number of hydrogen-bond acceptors (Lipinski definition) is 1. The number of anilines is 3. The van der Waals surface area contributed by atoms with Crippen molar-refractivity contribution in [3.8, 4) is 66.8 Å². The van der Waals surface area contributed by atoms with E-state index in [1.807, 2.05) is 12.1 Å². The molecular weight excluding hydrogens is 1260 g/mol. The van der Waals surface area contributed by atoms with Crippen molar-refractivity contribution in [3.05, 3.63) is 338 Å². The van der Waals surface area contributed by atoms with Gasteiger partial charge in [0.05, 0.1) is 0 Å². The van der Waals surface area contributed by atoms with E-state index in [1.54, 1.807) is 0 Å². The van der Waals surface area contributed by atoms with Gasteiger partial charge in [-0.05, 0) is 221 Å². The molecule has 0 amide bonds. The summed E-state index contributed by atoms with van der Waals surface area (Å²) in [5.74, 6) is 0. The SMILES string of the molecule is CC(C)(C)c1cc(-c2ccc(Cl)cc2)cc(C(C)(C)C)c1.CC(C)(C)c1cc(-c2ccc(N(c3ccc4c(c3)C(C)(C)c3ccccc3-4)c3ccc4c(c3)C(C)(C)c3ccccc3-4)cc2)cc(C(C)(C)C)c1.CC1(C)c2ccccc2-c2ccc(Cc3ccc4c(c3)C(C)(C)c3ccccc3-4)cc21. The zero-order valence-electron chi connectivity index (χ0n) is 64.8. The first-order valence-corrected chi connectivity index (χ1v) is 37.8. The Morgan fingerprint density at radius 3 is 0.796 bits per heavy atom. The summed E-state index contributed by atoms with van der Waals surface area (Å²) in [6.07, 6.45) is 0.972. The Balaban J connectivity index is 0.000000146. The van der Waals surface area contributed by atoms with Crippen LogP contribution in [0.4, 0.5) is 17.1 Å². The van der Waals surface area contributed by atoms with Gasteiger partial charge in [-0.3, -0.25) is 0 Å². The van der Waals surface area contributed by atoms with Gasteiger partial charge in [0.1, 0.15) is 0 Å². The van der Waals surface area contributed by atoms with Crippen LogP contribution in [0.25, 0.3) is 66.8 Å². The molecule has 0 saturated heterocycles. The smallest absolute Gasteiger partial charge is 0.0465 e. The van der Waals surface area contributed by atoms with Gasteiger partial charge in [-0.1, -0.05) is 356 Å². The molecule has 0 fully saturated rings. The number of rotatable bonds is 7. The van der Waals surface area contributed by atoms with Crippen molar-refractivity contribution in [3.63, 3.8) is 0 Å². The summed E-state index contributed by atoms with van der Waals surface area (Å²) in [7, 11) is 0. The minimum atomic E-state index is -0.0815. The molecule has 4 aliphatic rings. The molecule has 520 valence electrons. The third-order valence-electron chi connectivity index (χ3n) is 23.3. The van der Waals surface area contributed by atoms with E-state index in [4.69, 9.17) is 11.6 Å². The molecule has 0 aliphatic heterocycles. The zero-order chi connectivity index (χ0) is 73.3. The highest BCUT2D eigenvalue weighted by Gasteiger charge is 2.40. The van der Waals surface area contributed by atoms with Crippen LogP contribution in [0.3, 0.4) is 0 Å². The minimum absolute atomic E-state index is 0.0590. The van der Waals surface area contributed by atoms with E-state index in [0.717, 1.165) is 17.1 Å². The van der Waals surface area contributed by atoms with Crippen LogP contribution in [0.1, 0.15) is 216 Å². The molecule has 1 nitrogen and oxygen atoms in total. The van der Waals surface area contributed by atoms with E-state index in [1.165, 1.54) is 156 Å². The first kappa shape index (κ1) is 70.8. The van der Waals surface area contributed by atoms with E-state index in [-0.39, 0.29) is 43.3 Å². The highest BCUT2D eigenvalue weighted by Crippen LogP contribution is 2.55. The summed E-state index contributed by atoms with van der Waals surface area (Å²) in [5.41, 5.74) is 39.5. The number of fused-ring (bicyclic) bond motifs is 12. The molecule has 12 aromatic carbocycles. The molecule has 0 unspecified atom stereocenters. The summed E-state index contributed by atoms with van der Waals surface area (Å²) in [5, 5.41) is 0.779. The lowest BCUT2D eigenvalue weighted by Crippen LogP contribution is -2.18. The van der Waals surface area contributed by atoms with Gasteiger partial charge in [0.25, 0.3) is 0 Å². The number of nitrogens with zero attached hydrogens (tertiary/aromatic N) is 1. The van der Waals surface area contributed by atoms with Gasteiger partial charge >= 0.3 is 0 Å². The van der Waals surface area contributed by atoms with Crippen molar-refractivity contribution in [1.29, 1.82) is 0 Å². The highest BCUT2D eigenvalue weighted by molar-refractivity contribution is 6.30. The van der Waals surface area contributed by atoms with E-state index in [0.29, 0.717) is 0 Å². The zero-order valence-corrected chi connectivity index (χ0v) is 65.5. The Morgan fingerprint density at radius 2 is 0.495 bits per heavy atom. The largest absolute Gasteiger partial charge is 0.310 e. The molecule has 0 aromatic heterocycles. The molecule has 0 heterocycles. The van der Waals surface area contributed by atoms with Crippen molar-refractivity contribution in [2.45, 2.75) is 188 Å². The van der Waals surface area contributed by atoms with Gasteiger partial charge < -0.3 is 4.90 Å². The van der Waals surface area contributed by atoms with Crippen LogP contribution < -0.4 is 4.90 Å². The van der Waals surface area contributed by atoms with Gasteiger partial charge in [-0.15, -0.1) is 0 Å². The monoisotopic (exact) mass is 1370 g/mol.